The van der Waals surface area contributed by atoms with Crippen molar-refractivity contribution in [2.24, 2.45) is 5.73 Å². The molecule has 0 radical (unpaired) electrons. The lowest BCUT2D eigenvalue weighted by Gasteiger charge is -2.14. The molecule has 170 valence electrons. The van der Waals surface area contributed by atoms with Crippen LogP contribution in [0.2, 0.25) is 0 Å². The number of carbonyl (C=O) groups excluding carboxylic acids is 2. The average Bonchev–Trinajstić information content (AvgIpc) is 2.78. The quantitative estimate of drug-likeness (QED) is 0.423. The standard InChI is InChI=1S/C24H25N5O4/c1-28(2)23(30)16-8-6-10-19(12-16)33-21-14-17(24(31)29(3)4)13-20(27-21)32-18-9-5-7-15(11-18)22(25)26/h5-14H,1-4H3,(H3,25,26). The van der Waals surface area contributed by atoms with Crippen LogP contribution in [0, 0.1) is 5.41 Å². The first-order valence-electron chi connectivity index (χ1n) is 9.99. The first-order chi connectivity index (χ1) is 15.6. The fraction of sp³-hybridized carbons (Fsp3) is 0.167. The third-order valence-electron chi connectivity index (χ3n) is 4.51. The molecule has 0 saturated carbocycles. The summed E-state index contributed by atoms with van der Waals surface area (Å²) in [5, 5.41) is 7.59. The van der Waals surface area contributed by atoms with Crippen molar-refractivity contribution in [1.29, 1.82) is 5.41 Å². The first kappa shape index (κ1) is 23.3. The van der Waals surface area contributed by atoms with Gasteiger partial charge in [0.1, 0.15) is 17.3 Å². The van der Waals surface area contributed by atoms with E-state index in [1.165, 1.54) is 21.9 Å². The minimum Gasteiger partial charge on any atom is -0.439 e. The van der Waals surface area contributed by atoms with Gasteiger partial charge >= 0.3 is 0 Å². The summed E-state index contributed by atoms with van der Waals surface area (Å²) >= 11 is 0. The van der Waals surface area contributed by atoms with Gasteiger partial charge in [-0.15, -0.1) is 0 Å². The summed E-state index contributed by atoms with van der Waals surface area (Å²) in [6, 6.07) is 16.3. The van der Waals surface area contributed by atoms with E-state index in [1.54, 1.807) is 76.7 Å². The highest BCUT2D eigenvalue weighted by molar-refractivity contribution is 5.96. The topological polar surface area (TPSA) is 122 Å². The number of amidine groups is 1. The van der Waals surface area contributed by atoms with Gasteiger partial charge in [-0.3, -0.25) is 15.0 Å². The molecule has 9 heteroatoms. The van der Waals surface area contributed by atoms with Crippen LogP contribution in [0.15, 0.2) is 60.7 Å². The van der Waals surface area contributed by atoms with Crippen molar-refractivity contribution in [2.45, 2.75) is 0 Å². The number of hydrogen-bond acceptors (Lipinski definition) is 6. The van der Waals surface area contributed by atoms with Gasteiger partial charge in [-0.1, -0.05) is 18.2 Å². The van der Waals surface area contributed by atoms with Gasteiger partial charge in [-0.05, 0) is 30.3 Å². The molecular weight excluding hydrogens is 422 g/mol. The van der Waals surface area contributed by atoms with Crippen molar-refractivity contribution in [3.63, 3.8) is 0 Å². The lowest BCUT2D eigenvalue weighted by atomic mass is 10.2. The number of nitrogens with one attached hydrogen (secondary N) is 1. The normalized spacial score (nSPS) is 10.3. The molecule has 0 fully saturated rings. The lowest BCUT2D eigenvalue weighted by molar-refractivity contribution is 0.0820. The molecule has 0 saturated heterocycles. The van der Waals surface area contributed by atoms with Gasteiger partial charge in [-0.25, -0.2) is 0 Å². The summed E-state index contributed by atoms with van der Waals surface area (Å²) in [5.74, 6) is 0.499. The molecule has 0 aliphatic rings. The number of ether oxygens (including phenoxy) is 2. The fourth-order valence-corrected chi connectivity index (χ4v) is 2.89. The fourth-order valence-electron chi connectivity index (χ4n) is 2.89. The number of carbonyl (C=O) groups is 2. The van der Waals surface area contributed by atoms with Gasteiger partial charge in [-0.2, -0.15) is 4.98 Å². The van der Waals surface area contributed by atoms with Gasteiger partial charge in [0.2, 0.25) is 11.8 Å². The molecular formula is C24H25N5O4. The van der Waals surface area contributed by atoms with Crippen molar-refractivity contribution in [3.05, 3.63) is 77.4 Å². The maximum absolute atomic E-state index is 12.6. The maximum Gasteiger partial charge on any atom is 0.253 e. The van der Waals surface area contributed by atoms with E-state index in [0.29, 0.717) is 28.2 Å². The Morgan fingerprint density at radius 2 is 1.21 bits per heavy atom. The number of amides is 2. The van der Waals surface area contributed by atoms with Gasteiger partial charge < -0.3 is 25.0 Å². The van der Waals surface area contributed by atoms with Gasteiger partial charge in [0, 0.05) is 51.5 Å². The zero-order chi connectivity index (χ0) is 24.1. The van der Waals surface area contributed by atoms with Gasteiger partial charge in [0.05, 0.1) is 5.56 Å². The Morgan fingerprint density at radius 3 is 1.70 bits per heavy atom. The number of pyridine rings is 1. The first-order valence-corrected chi connectivity index (χ1v) is 9.99. The molecule has 0 spiro atoms. The number of nitrogen functional groups attached to an aromatic ring is 1. The molecule has 0 bridgehead atoms. The summed E-state index contributed by atoms with van der Waals surface area (Å²) in [6.45, 7) is 0. The van der Waals surface area contributed by atoms with Crippen molar-refractivity contribution in [1.82, 2.24) is 14.8 Å². The highest BCUT2D eigenvalue weighted by Crippen LogP contribution is 2.28. The summed E-state index contributed by atoms with van der Waals surface area (Å²) in [6.07, 6.45) is 0. The van der Waals surface area contributed by atoms with Crippen molar-refractivity contribution in [2.75, 3.05) is 28.2 Å². The Balaban J connectivity index is 1.96. The van der Waals surface area contributed by atoms with E-state index in [0.717, 1.165) is 0 Å². The van der Waals surface area contributed by atoms with E-state index in [4.69, 9.17) is 20.6 Å². The zero-order valence-corrected chi connectivity index (χ0v) is 18.8. The number of aromatic nitrogens is 1. The third kappa shape index (κ3) is 5.85. The molecule has 2 aromatic carbocycles. The van der Waals surface area contributed by atoms with Crippen LogP contribution >= 0.6 is 0 Å². The minimum absolute atomic E-state index is 0.0962. The summed E-state index contributed by atoms with van der Waals surface area (Å²) in [5.41, 5.74) is 6.81. The van der Waals surface area contributed by atoms with Gasteiger partial charge in [0.25, 0.3) is 11.8 Å². The number of rotatable bonds is 7. The van der Waals surface area contributed by atoms with E-state index in [2.05, 4.69) is 4.98 Å². The second-order valence-corrected chi connectivity index (χ2v) is 7.60. The third-order valence-corrected chi connectivity index (χ3v) is 4.51. The number of hydrogen-bond donors (Lipinski definition) is 2. The Labute approximate surface area is 191 Å². The molecule has 1 heterocycles. The molecule has 0 aliphatic heterocycles. The van der Waals surface area contributed by atoms with Crippen molar-refractivity contribution >= 4 is 17.6 Å². The molecule has 9 nitrogen and oxygen atoms in total. The second-order valence-electron chi connectivity index (χ2n) is 7.60. The Morgan fingerprint density at radius 1 is 0.758 bits per heavy atom. The molecule has 33 heavy (non-hydrogen) atoms. The molecule has 3 aromatic rings. The highest BCUT2D eigenvalue weighted by Gasteiger charge is 2.16. The molecule has 0 unspecified atom stereocenters. The smallest absolute Gasteiger partial charge is 0.253 e. The minimum atomic E-state index is -0.263. The van der Waals surface area contributed by atoms with Crippen molar-refractivity contribution < 1.29 is 19.1 Å². The number of benzene rings is 2. The molecule has 2 amide bonds. The van der Waals surface area contributed by atoms with E-state index in [-0.39, 0.29) is 29.4 Å². The molecule has 3 rings (SSSR count). The van der Waals surface area contributed by atoms with Crippen LogP contribution in [0.5, 0.6) is 23.3 Å². The van der Waals surface area contributed by atoms with Crippen LogP contribution in [0.1, 0.15) is 26.3 Å². The van der Waals surface area contributed by atoms with E-state index < -0.39 is 0 Å². The Hall–Kier alpha value is -4.40. The summed E-state index contributed by atoms with van der Waals surface area (Å²) in [7, 11) is 6.60. The van der Waals surface area contributed by atoms with E-state index in [9.17, 15) is 9.59 Å². The van der Waals surface area contributed by atoms with E-state index >= 15 is 0 Å². The SMILES string of the molecule is CN(C)C(=O)c1cccc(Oc2cc(C(=O)N(C)C)cc(Oc3cccc(C(=N)N)c3)n2)c1. The molecule has 0 atom stereocenters. The van der Waals surface area contributed by atoms with Crippen molar-refractivity contribution in [3.8, 4) is 23.3 Å². The zero-order valence-electron chi connectivity index (χ0n) is 18.8. The maximum atomic E-state index is 12.6. The van der Waals surface area contributed by atoms with E-state index in [1.807, 2.05) is 0 Å². The van der Waals surface area contributed by atoms with Crippen LogP contribution in [-0.2, 0) is 0 Å². The van der Waals surface area contributed by atoms with Crippen LogP contribution in [0.4, 0.5) is 0 Å². The lowest BCUT2D eigenvalue weighted by Crippen LogP contribution is -2.22. The molecule has 3 N–H and O–H groups in total. The van der Waals surface area contributed by atoms with Crippen LogP contribution in [0.3, 0.4) is 0 Å². The predicted molar refractivity (Wildman–Crippen MR) is 124 cm³/mol. The van der Waals surface area contributed by atoms with Crippen LogP contribution in [-0.4, -0.2) is 60.6 Å². The Kier molecular flexibility index (Phi) is 6.92. The highest BCUT2D eigenvalue weighted by atomic mass is 16.5. The second kappa shape index (κ2) is 9.82. The summed E-state index contributed by atoms with van der Waals surface area (Å²) < 4.78 is 11.7. The predicted octanol–water partition coefficient (Wildman–Crippen LogP) is 3.35. The number of nitrogens with zero attached hydrogens (tertiary/aromatic N) is 3. The average molecular weight is 447 g/mol. The Bertz CT molecular complexity index is 1210. The van der Waals surface area contributed by atoms with Gasteiger partial charge in [0.15, 0.2) is 0 Å². The molecule has 1 aromatic heterocycles. The largest absolute Gasteiger partial charge is 0.439 e. The monoisotopic (exact) mass is 447 g/mol. The molecule has 0 aliphatic carbocycles. The summed E-state index contributed by atoms with van der Waals surface area (Å²) in [4.78, 5) is 32.1. The number of nitrogens with two attached hydrogens (primary N) is 1. The van der Waals surface area contributed by atoms with Crippen LogP contribution < -0.4 is 15.2 Å². The van der Waals surface area contributed by atoms with Crippen LogP contribution in [0.25, 0.3) is 0 Å².